The van der Waals surface area contributed by atoms with Crippen LogP contribution in [0.1, 0.15) is 19.4 Å². The summed E-state index contributed by atoms with van der Waals surface area (Å²) in [6, 6.07) is 5.69. The van der Waals surface area contributed by atoms with E-state index in [4.69, 9.17) is 11.6 Å². The fraction of sp³-hybridized carbons (Fsp3) is 0.400. The molecule has 0 saturated carbocycles. The third-order valence-electron chi connectivity index (χ3n) is 1.83. The molecule has 0 unspecified atom stereocenters. The summed E-state index contributed by atoms with van der Waals surface area (Å²) in [4.78, 5) is 1.11. The molecule has 13 heavy (non-hydrogen) atoms. The number of hydrogen-bond acceptors (Lipinski definition) is 2. The molecule has 0 bridgehead atoms. The van der Waals surface area contributed by atoms with Gasteiger partial charge in [-0.1, -0.05) is 11.6 Å². The Morgan fingerprint density at radius 1 is 1.38 bits per heavy atom. The zero-order valence-corrected chi connectivity index (χ0v) is 9.54. The van der Waals surface area contributed by atoms with Gasteiger partial charge in [-0.3, -0.25) is 0 Å². The molecule has 0 saturated heterocycles. The van der Waals surface area contributed by atoms with Crippen LogP contribution in [0.4, 0.5) is 0 Å². The minimum atomic E-state index is -0.872. The number of hydrogen-bond donors (Lipinski definition) is 1. The molecule has 0 fully saturated rings. The van der Waals surface area contributed by atoms with Crippen molar-refractivity contribution in [1.29, 1.82) is 0 Å². The molecular weight excluding hydrogens is 204 g/mol. The predicted molar refractivity (Wildman–Crippen MR) is 58.5 cm³/mol. The van der Waals surface area contributed by atoms with Crippen LogP contribution in [0.3, 0.4) is 0 Å². The molecule has 0 aliphatic heterocycles. The molecule has 3 heteroatoms. The molecule has 0 amide bonds. The highest BCUT2D eigenvalue weighted by Gasteiger charge is 2.19. The fourth-order valence-corrected chi connectivity index (χ4v) is 1.89. The van der Waals surface area contributed by atoms with Crippen molar-refractivity contribution in [2.75, 3.05) is 6.26 Å². The minimum absolute atomic E-state index is 0.616. The van der Waals surface area contributed by atoms with Crippen LogP contribution < -0.4 is 0 Å². The molecule has 0 aliphatic carbocycles. The van der Waals surface area contributed by atoms with Crippen LogP contribution in [-0.4, -0.2) is 11.4 Å². The molecule has 0 spiro atoms. The Bertz CT molecular complexity index is 304. The first kappa shape index (κ1) is 10.9. The van der Waals surface area contributed by atoms with E-state index >= 15 is 0 Å². The van der Waals surface area contributed by atoms with Crippen molar-refractivity contribution < 1.29 is 5.11 Å². The van der Waals surface area contributed by atoms with Crippen LogP contribution >= 0.6 is 23.4 Å². The molecule has 72 valence electrons. The van der Waals surface area contributed by atoms with Crippen molar-refractivity contribution >= 4 is 23.4 Å². The van der Waals surface area contributed by atoms with Crippen molar-refractivity contribution in [2.45, 2.75) is 24.3 Å². The summed E-state index contributed by atoms with van der Waals surface area (Å²) in [6.45, 7) is 3.47. The first-order valence-corrected chi connectivity index (χ1v) is 5.62. The average molecular weight is 217 g/mol. The molecule has 1 aromatic rings. The largest absolute Gasteiger partial charge is 0.386 e. The zero-order valence-electron chi connectivity index (χ0n) is 7.97. The Balaban J connectivity index is 3.19. The Hall–Kier alpha value is -0.180. The molecule has 0 atom stereocenters. The van der Waals surface area contributed by atoms with E-state index in [9.17, 15) is 5.11 Å². The van der Waals surface area contributed by atoms with E-state index in [1.807, 2.05) is 24.5 Å². The highest BCUT2D eigenvalue weighted by molar-refractivity contribution is 7.98. The summed E-state index contributed by atoms with van der Waals surface area (Å²) in [5, 5.41) is 10.4. The maximum atomic E-state index is 9.80. The summed E-state index contributed by atoms with van der Waals surface area (Å²) >= 11 is 7.61. The van der Waals surface area contributed by atoms with E-state index < -0.39 is 5.60 Å². The third-order valence-corrected chi connectivity index (χ3v) is 2.89. The number of thioether (sulfide) groups is 1. The number of halogens is 1. The monoisotopic (exact) mass is 216 g/mol. The van der Waals surface area contributed by atoms with Gasteiger partial charge in [0.25, 0.3) is 0 Å². The summed E-state index contributed by atoms with van der Waals surface area (Å²) < 4.78 is 0. The number of aliphatic hydroxyl groups is 1. The lowest BCUT2D eigenvalue weighted by molar-refractivity contribution is 0.0785. The molecule has 0 aromatic heterocycles. The summed E-state index contributed by atoms with van der Waals surface area (Å²) in [6.07, 6.45) is 2.00. The van der Waals surface area contributed by atoms with Gasteiger partial charge in [0.15, 0.2) is 0 Å². The third kappa shape index (κ3) is 2.63. The van der Waals surface area contributed by atoms with Gasteiger partial charge in [-0.25, -0.2) is 0 Å². The molecule has 1 nitrogen and oxygen atoms in total. The Kier molecular flexibility index (Phi) is 3.28. The van der Waals surface area contributed by atoms with Gasteiger partial charge in [-0.2, -0.15) is 0 Å². The predicted octanol–water partition coefficient (Wildman–Crippen LogP) is 3.29. The normalized spacial score (nSPS) is 11.8. The second kappa shape index (κ2) is 3.91. The zero-order chi connectivity index (χ0) is 10.1. The molecule has 1 rings (SSSR count). The van der Waals surface area contributed by atoms with E-state index in [2.05, 4.69) is 0 Å². The minimum Gasteiger partial charge on any atom is -0.386 e. The fourth-order valence-electron chi connectivity index (χ4n) is 1.10. The molecule has 0 heterocycles. The Morgan fingerprint density at radius 2 is 2.00 bits per heavy atom. The van der Waals surface area contributed by atoms with Crippen LogP contribution in [0.15, 0.2) is 23.1 Å². The van der Waals surface area contributed by atoms with Gasteiger partial charge in [0, 0.05) is 15.5 Å². The molecule has 1 aromatic carbocycles. The van der Waals surface area contributed by atoms with Crippen LogP contribution in [-0.2, 0) is 5.60 Å². The van der Waals surface area contributed by atoms with Crippen molar-refractivity contribution in [3.63, 3.8) is 0 Å². The lowest BCUT2D eigenvalue weighted by atomic mass is 9.99. The average Bonchev–Trinajstić information content (AvgIpc) is 2.03. The van der Waals surface area contributed by atoms with E-state index in [0.29, 0.717) is 5.02 Å². The SMILES string of the molecule is CSc1ccc(Cl)c(C(C)(C)O)c1. The lowest BCUT2D eigenvalue weighted by Gasteiger charge is -2.19. The Labute approximate surface area is 88.1 Å². The highest BCUT2D eigenvalue weighted by atomic mass is 35.5. The summed E-state index contributed by atoms with van der Waals surface area (Å²) in [5.74, 6) is 0. The maximum absolute atomic E-state index is 9.80. The van der Waals surface area contributed by atoms with E-state index in [0.717, 1.165) is 10.5 Å². The second-order valence-electron chi connectivity index (χ2n) is 3.40. The van der Waals surface area contributed by atoms with E-state index in [1.165, 1.54) is 0 Å². The van der Waals surface area contributed by atoms with Gasteiger partial charge in [0.2, 0.25) is 0 Å². The van der Waals surface area contributed by atoms with Crippen LogP contribution in [0, 0.1) is 0 Å². The van der Waals surface area contributed by atoms with Gasteiger partial charge in [-0.15, -0.1) is 11.8 Å². The maximum Gasteiger partial charge on any atom is 0.0855 e. The first-order chi connectivity index (χ1) is 5.95. The second-order valence-corrected chi connectivity index (χ2v) is 4.69. The summed E-state index contributed by atoms with van der Waals surface area (Å²) in [5.41, 5.74) is -0.0935. The van der Waals surface area contributed by atoms with Gasteiger partial charge < -0.3 is 5.11 Å². The van der Waals surface area contributed by atoms with Crippen molar-refractivity contribution in [3.05, 3.63) is 28.8 Å². The highest BCUT2D eigenvalue weighted by Crippen LogP contribution is 2.30. The van der Waals surface area contributed by atoms with Crippen LogP contribution in [0.25, 0.3) is 0 Å². The van der Waals surface area contributed by atoms with Crippen molar-refractivity contribution in [1.82, 2.24) is 0 Å². The lowest BCUT2D eigenvalue weighted by Crippen LogP contribution is -2.16. The number of benzene rings is 1. The Morgan fingerprint density at radius 3 is 2.46 bits per heavy atom. The quantitative estimate of drug-likeness (QED) is 0.766. The molecule has 0 aliphatic rings. The van der Waals surface area contributed by atoms with Gasteiger partial charge >= 0.3 is 0 Å². The van der Waals surface area contributed by atoms with Gasteiger partial charge in [0.1, 0.15) is 0 Å². The van der Waals surface area contributed by atoms with Crippen molar-refractivity contribution in [3.8, 4) is 0 Å². The summed E-state index contributed by atoms with van der Waals surface area (Å²) in [7, 11) is 0. The van der Waals surface area contributed by atoms with Gasteiger partial charge in [-0.05, 0) is 38.3 Å². The molecule has 0 radical (unpaired) electrons. The van der Waals surface area contributed by atoms with Crippen molar-refractivity contribution in [2.24, 2.45) is 0 Å². The topological polar surface area (TPSA) is 20.2 Å². The first-order valence-electron chi connectivity index (χ1n) is 4.01. The number of rotatable bonds is 2. The molecular formula is C10H13ClOS. The standard InChI is InChI=1S/C10H13ClOS/c1-10(2,12)8-6-7(13-3)4-5-9(8)11/h4-6,12H,1-3H3. The smallest absolute Gasteiger partial charge is 0.0855 e. The van der Waals surface area contributed by atoms with Gasteiger partial charge in [0.05, 0.1) is 5.60 Å². The van der Waals surface area contributed by atoms with Crippen LogP contribution in [0.5, 0.6) is 0 Å². The van der Waals surface area contributed by atoms with E-state index in [1.54, 1.807) is 25.6 Å². The van der Waals surface area contributed by atoms with Crippen LogP contribution in [0.2, 0.25) is 5.02 Å². The van der Waals surface area contributed by atoms with E-state index in [-0.39, 0.29) is 0 Å². The molecule has 1 N–H and O–H groups in total.